The van der Waals surface area contributed by atoms with E-state index in [0.29, 0.717) is 19.3 Å². The first-order valence-electron chi connectivity index (χ1n) is 6.97. The van der Waals surface area contributed by atoms with Gasteiger partial charge < -0.3 is 4.74 Å². The van der Waals surface area contributed by atoms with Gasteiger partial charge in [0, 0.05) is 5.57 Å². The molecule has 0 aliphatic carbocycles. The normalized spacial score (nSPS) is 14.5. The quantitative estimate of drug-likeness (QED) is 0.231. The number of ether oxygens (including phenoxy) is 1. The summed E-state index contributed by atoms with van der Waals surface area (Å²) in [5.41, 5.74) is -0.694. The summed E-state index contributed by atoms with van der Waals surface area (Å²) in [6.07, 6.45) is -8.96. The van der Waals surface area contributed by atoms with E-state index in [2.05, 4.69) is 11.3 Å². The van der Waals surface area contributed by atoms with Crippen LogP contribution in [-0.4, -0.2) is 30.1 Å². The van der Waals surface area contributed by atoms with Crippen molar-refractivity contribution >= 4 is 5.97 Å². The molecule has 0 aliphatic rings. The third-order valence-corrected chi connectivity index (χ3v) is 3.06. The zero-order chi connectivity index (χ0) is 18.5. The molecule has 0 aliphatic heterocycles. The second-order valence-corrected chi connectivity index (χ2v) is 5.20. The highest BCUT2D eigenvalue weighted by atomic mass is 19.4. The van der Waals surface area contributed by atoms with Crippen molar-refractivity contribution in [1.29, 1.82) is 0 Å². The number of hydrogen-bond acceptors (Lipinski definition) is 2. The van der Waals surface area contributed by atoms with E-state index in [0.717, 1.165) is 6.92 Å². The molecule has 23 heavy (non-hydrogen) atoms. The number of halogens is 7. The monoisotopic (exact) mass is 352 g/mol. The van der Waals surface area contributed by atoms with Crippen molar-refractivity contribution in [2.45, 2.75) is 70.1 Å². The summed E-state index contributed by atoms with van der Waals surface area (Å²) >= 11 is 0. The minimum absolute atomic E-state index is 0.155. The first-order valence-corrected chi connectivity index (χ1v) is 6.97. The van der Waals surface area contributed by atoms with Crippen LogP contribution in [0.1, 0.15) is 46.0 Å². The van der Waals surface area contributed by atoms with Crippen LogP contribution in [0.15, 0.2) is 12.2 Å². The van der Waals surface area contributed by atoms with Crippen molar-refractivity contribution in [1.82, 2.24) is 0 Å². The van der Waals surface area contributed by atoms with Crippen LogP contribution in [0.25, 0.3) is 0 Å². The summed E-state index contributed by atoms with van der Waals surface area (Å²) in [5, 5.41) is 0. The molecule has 9 heteroatoms. The highest BCUT2D eigenvalue weighted by molar-refractivity contribution is 5.87. The smallest absolute Gasteiger partial charge is 0.393 e. The predicted molar refractivity (Wildman–Crippen MR) is 69.4 cm³/mol. The molecule has 0 rings (SSSR count). The van der Waals surface area contributed by atoms with Crippen LogP contribution >= 0.6 is 0 Å². The van der Waals surface area contributed by atoms with Gasteiger partial charge in [-0.15, -0.1) is 0 Å². The van der Waals surface area contributed by atoms with Gasteiger partial charge >= 0.3 is 23.9 Å². The summed E-state index contributed by atoms with van der Waals surface area (Å²) in [4.78, 5) is 10.9. The van der Waals surface area contributed by atoms with Crippen molar-refractivity contribution in [3.8, 4) is 0 Å². The second-order valence-electron chi connectivity index (χ2n) is 5.20. The van der Waals surface area contributed by atoms with Gasteiger partial charge in [-0.1, -0.05) is 39.2 Å². The molecule has 0 aromatic carbocycles. The number of esters is 1. The lowest BCUT2D eigenvalue weighted by molar-refractivity contribution is -0.392. The molecule has 1 unspecified atom stereocenters. The van der Waals surface area contributed by atoms with E-state index in [1.807, 2.05) is 0 Å². The van der Waals surface area contributed by atoms with Gasteiger partial charge in [0.1, 0.15) is 0 Å². The number of hydrogen-bond donors (Lipinski definition) is 0. The van der Waals surface area contributed by atoms with E-state index in [1.165, 1.54) is 0 Å². The molecule has 136 valence electrons. The molecule has 1 atom stereocenters. The Kier molecular flexibility index (Phi) is 7.56. The van der Waals surface area contributed by atoms with Crippen LogP contribution in [0, 0.1) is 0 Å². The maximum atomic E-state index is 13.4. The molecule has 0 aromatic rings. The molecule has 0 heterocycles. The SMILES string of the molecule is C=C(C)C(=O)OC(F)(F)C(F)(F)C(F)(F)C(F)CCCCCC. The van der Waals surface area contributed by atoms with E-state index in [1.54, 1.807) is 6.92 Å². The van der Waals surface area contributed by atoms with E-state index in [9.17, 15) is 35.5 Å². The van der Waals surface area contributed by atoms with Crippen LogP contribution in [-0.2, 0) is 9.53 Å². The Morgan fingerprint density at radius 2 is 1.61 bits per heavy atom. The third-order valence-electron chi connectivity index (χ3n) is 3.06. The lowest BCUT2D eigenvalue weighted by Gasteiger charge is -2.33. The maximum Gasteiger partial charge on any atom is 0.473 e. The zero-order valence-electron chi connectivity index (χ0n) is 12.8. The molecule has 0 bridgehead atoms. The Hall–Kier alpha value is -1.28. The lowest BCUT2D eigenvalue weighted by atomic mass is 10.00. The third kappa shape index (κ3) is 5.10. The second kappa shape index (κ2) is 8.01. The molecular weight excluding hydrogens is 333 g/mol. The molecule has 0 amide bonds. The van der Waals surface area contributed by atoms with Gasteiger partial charge in [-0.2, -0.15) is 26.3 Å². The fraction of sp³-hybridized carbons (Fsp3) is 0.786. The number of unbranched alkanes of at least 4 members (excludes halogenated alkanes) is 3. The number of rotatable bonds is 10. The van der Waals surface area contributed by atoms with E-state index in [4.69, 9.17) is 0 Å². The first-order chi connectivity index (χ1) is 10.3. The molecule has 0 fully saturated rings. The topological polar surface area (TPSA) is 26.3 Å². The van der Waals surface area contributed by atoms with Crippen molar-refractivity contribution in [3.63, 3.8) is 0 Å². The van der Waals surface area contributed by atoms with Crippen molar-refractivity contribution < 1.29 is 40.3 Å². The van der Waals surface area contributed by atoms with Crippen LogP contribution < -0.4 is 0 Å². The van der Waals surface area contributed by atoms with Gasteiger partial charge in [0.15, 0.2) is 6.17 Å². The molecule has 2 nitrogen and oxygen atoms in total. The molecule has 0 aromatic heterocycles. The Labute approximate surface area is 129 Å². The van der Waals surface area contributed by atoms with E-state index in [-0.39, 0.29) is 6.42 Å². The standard InChI is InChI=1S/C14H19F7O2/c1-4-5-6-7-8-10(15)12(16,17)13(18,19)14(20,21)23-11(22)9(2)3/h10H,2,4-8H2,1,3H3. The average molecular weight is 352 g/mol. The number of carbonyl (C=O) groups excluding carboxylic acids is 1. The van der Waals surface area contributed by atoms with Gasteiger partial charge in [-0.25, -0.2) is 9.18 Å². The number of alkyl halides is 7. The summed E-state index contributed by atoms with van der Waals surface area (Å²) < 4.78 is 96.6. The number of carbonyl (C=O) groups is 1. The first kappa shape index (κ1) is 21.7. The van der Waals surface area contributed by atoms with Gasteiger partial charge in [-0.3, -0.25) is 0 Å². The Morgan fingerprint density at radius 3 is 2.04 bits per heavy atom. The Bertz CT molecular complexity index is 421. The van der Waals surface area contributed by atoms with Crippen molar-refractivity contribution in [3.05, 3.63) is 12.2 Å². The van der Waals surface area contributed by atoms with Crippen LogP contribution in [0.2, 0.25) is 0 Å². The van der Waals surface area contributed by atoms with Crippen LogP contribution in [0.3, 0.4) is 0 Å². The minimum atomic E-state index is -6.20. The summed E-state index contributed by atoms with van der Waals surface area (Å²) in [7, 11) is 0. The maximum absolute atomic E-state index is 13.4. The van der Waals surface area contributed by atoms with Gasteiger partial charge in [0.05, 0.1) is 0 Å². The zero-order valence-corrected chi connectivity index (χ0v) is 12.8. The molecule has 0 saturated carbocycles. The summed E-state index contributed by atoms with van der Waals surface area (Å²) in [6, 6.07) is 0. The fourth-order valence-electron chi connectivity index (χ4n) is 1.59. The Balaban J connectivity index is 5.11. The van der Waals surface area contributed by atoms with Gasteiger partial charge in [0.25, 0.3) is 0 Å². The van der Waals surface area contributed by atoms with Gasteiger partial charge in [-0.05, 0) is 13.3 Å². The largest absolute Gasteiger partial charge is 0.473 e. The highest BCUT2D eigenvalue weighted by Gasteiger charge is 2.77. The van der Waals surface area contributed by atoms with E-state index >= 15 is 0 Å². The fourth-order valence-corrected chi connectivity index (χ4v) is 1.59. The molecule has 0 radical (unpaired) electrons. The van der Waals surface area contributed by atoms with Crippen LogP contribution in [0.5, 0.6) is 0 Å². The van der Waals surface area contributed by atoms with Crippen molar-refractivity contribution in [2.75, 3.05) is 0 Å². The molecule has 0 saturated heterocycles. The average Bonchev–Trinajstić information content (AvgIpc) is 2.42. The molecular formula is C14H19F7O2. The van der Waals surface area contributed by atoms with Crippen LogP contribution in [0.4, 0.5) is 30.7 Å². The minimum Gasteiger partial charge on any atom is -0.393 e. The summed E-state index contributed by atoms with van der Waals surface area (Å²) in [6.45, 7) is 5.51. The molecule has 0 spiro atoms. The van der Waals surface area contributed by atoms with E-state index < -0.39 is 42.1 Å². The summed E-state index contributed by atoms with van der Waals surface area (Å²) in [5.74, 6) is -13.9. The Morgan fingerprint density at radius 1 is 1.09 bits per heavy atom. The highest BCUT2D eigenvalue weighted by Crippen LogP contribution is 2.49. The lowest BCUT2D eigenvalue weighted by Crippen LogP contribution is -2.59. The van der Waals surface area contributed by atoms with Gasteiger partial charge in [0.2, 0.25) is 0 Å². The predicted octanol–water partition coefficient (Wildman–Crippen LogP) is 5.28. The van der Waals surface area contributed by atoms with Crippen molar-refractivity contribution in [2.24, 2.45) is 0 Å². The molecule has 0 N–H and O–H groups in total.